The molecule has 0 bridgehead atoms. The lowest BCUT2D eigenvalue weighted by Crippen LogP contribution is -1.98. The van der Waals surface area contributed by atoms with Gasteiger partial charge in [0.2, 0.25) is 0 Å². The van der Waals surface area contributed by atoms with Gasteiger partial charge in [0.25, 0.3) is 0 Å². The molecule has 0 atom stereocenters. The summed E-state index contributed by atoms with van der Waals surface area (Å²) in [5.41, 5.74) is 2.15. The van der Waals surface area contributed by atoms with Gasteiger partial charge in [0.05, 0.1) is 5.71 Å². The summed E-state index contributed by atoms with van der Waals surface area (Å²) < 4.78 is 0. The van der Waals surface area contributed by atoms with E-state index in [0.717, 1.165) is 25.0 Å². The molecule has 2 heteroatoms. The fourth-order valence-corrected chi connectivity index (χ4v) is 1.23. The van der Waals surface area contributed by atoms with Crippen molar-refractivity contribution in [2.45, 2.75) is 26.2 Å². The summed E-state index contributed by atoms with van der Waals surface area (Å²) in [6.45, 7) is 2.00. The lowest BCUT2D eigenvalue weighted by atomic mass is 10.1. The third-order valence-corrected chi connectivity index (χ3v) is 2.09. The van der Waals surface area contributed by atoms with Gasteiger partial charge >= 0.3 is 0 Å². The Morgan fingerprint density at radius 2 is 2.00 bits per heavy atom. The molecule has 0 fully saturated rings. The molecule has 1 aromatic carbocycles. The molecule has 0 amide bonds. The third-order valence-electron chi connectivity index (χ3n) is 2.09. The molecule has 0 spiro atoms. The van der Waals surface area contributed by atoms with Gasteiger partial charge in [-0.2, -0.15) is 0 Å². The first kappa shape index (κ1) is 9.78. The maximum absolute atomic E-state index is 8.59. The highest BCUT2D eigenvalue weighted by atomic mass is 16.4. The van der Waals surface area contributed by atoms with E-state index >= 15 is 0 Å². The zero-order valence-corrected chi connectivity index (χ0v) is 7.90. The van der Waals surface area contributed by atoms with Gasteiger partial charge in [0, 0.05) is 0 Å². The molecule has 0 aromatic heterocycles. The molecule has 0 aliphatic heterocycles. The van der Waals surface area contributed by atoms with Crippen molar-refractivity contribution in [3.8, 4) is 0 Å². The van der Waals surface area contributed by atoms with Gasteiger partial charge in [-0.1, -0.05) is 42.4 Å². The van der Waals surface area contributed by atoms with Crippen molar-refractivity contribution in [2.75, 3.05) is 0 Å². The minimum Gasteiger partial charge on any atom is -0.411 e. The van der Waals surface area contributed by atoms with E-state index in [2.05, 4.69) is 17.3 Å². The molecule has 0 heterocycles. The summed E-state index contributed by atoms with van der Waals surface area (Å²) in [5.74, 6) is 0. The van der Waals surface area contributed by atoms with Crippen molar-refractivity contribution in [3.05, 3.63) is 35.9 Å². The molecule has 0 radical (unpaired) electrons. The normalized spacial score (nSPS) is 11.6. The number of hydrogen-bond donors (Lipinski definition) is 1. The number of aryl methyl sites for hydroxylation is 1. The van der Waals surface area contributed by atoms with Crippen LogP contribution in [0.3, 0.4) is 0 Å². The summed E-state index contributed by atoms with van der Waals surface area (Å²) in [5, 5.41) is 11.8. The standard InChI is InChI=1S/C11H15NO/c1-2-11(12-13)9-8-10-6-4-3-5-7-10/h3-7,13H,2,8-9H2,1H3/b12-11-. The van der Waals surface area contributed by atoms with Crippen molar-refractivity contribution in [3.63, 3.8) is 0 Å². The number of hydrogen-bond acceptors (Lipinski definition) is 2. The van der Waals surface area contributed by atoms with Gasteiger partial charge in [-0.15, -0.1) is 0 Å². The van der Waals surface area contributed by atoms with E-state index in [4.69, 9.17) is 5.21 Å². The maximum Gasteiger partial charge on any atom is 0.0571 e. The monoisotopic (exact) mass is 177 g/mol. The average molecular weight is 177 g/mol. The van der Waals surface area contributed by atoms with E-state index in [-0.39, 0.29) is 0 Å². The van der Waals surface area contributed by atoms with E-state index in [1.54, 1.807) is 0 Å². The molecule has 0 saturated heterocycles. The van der Waals surface area contributed by atoms with Crippen LogP contribution in [0.1, 0.15) is 25.3 Å². The van der Waals surface area contributed by atoms with Crippen molar-refractivity contribution in [1.82, 2.24) is 0 Å². The van der Waals surface area contributed by atoms with Crippen LogP contribution in [-0.2, 0) is 6.42 Å². The van der Waals surface area contributed by atoms with Crippen molar-refractivity contribution < 1.29 is 5.21 Å². The Bertz CT molecular complexity index is 267. The Balaban J connectivity index is 2.43. The SMILES string of the molecule is CC/C(CCc1ccccc1)=N/O. The van der Waals surface area contributed by atoms with Gasteiger partial charge < -0.3 is 5.21 Å². The van der Waals surface area contributed by atoms with Crippen molar-refractivity contribution >= 4 is 5.71 Å². The van der Waals surface area contributed by atoms with Crippen molar-refractivity contribution in [1.29, 1.82) is 0 Å². The van der Waals surface area contributed by atoms with Crippen LogP contribution < -0.4 is 0 Å². The van der Waals surface area contributed by atoms with Crippen LogP contribution in [0.2, 0.25) is 0 Å². The first-order valence-electron chi connectivity index (χ1n) is 4.60. The molecule has 13 heavy (non-hydrogen) atoms. The smallest absolute Gasteiger partial charge is 0.0571 e. The second-order valence-corrected chi connectivity index (χ2v) is 3.01. The predicted octanol–water partition coefficient (Wildman–Crippen LogP) is 2.86. The van der Waals surface area contributed by atoms with Gasteiger partial charge in [0.1, 0.15) is 0 Å². The first-order chi connectivity index (χ1) is 6.36. The molecular formula is C11H15NO. The lowest BCUT2D eigenvalue weighted by molar-refractivity contribution is 0.316. The molecule has 1 N–H and O–H groups in total. The summed E-state index contributed by atoms with van der Waals surface area (Å²) in [6.07, 6.45) is 2.62. The summed E-state index contributed by atoms with van der Waals surface area (Å²) in [7, 11) is 0. The zero-order valence-electron chi connectivity index (χ0n) is 7.90. The van der Waals surface area contributed by atoms with Gasteiger partial charge in [-0.25, -0.2) is 0 Å². The van der Waals surface area contributed by atoms with E-state index in [1.165, 1.54) is 5.56 Å². The number of oxime groups is 1. The Morgan fingerprint density at radius 1 is 1.31 bits per heavy atom. The minimum atomic E-state index is 0.823. The Morgan fingerprint density at radius 3 is 2.54 bits per heavy atom. The summed E-state index contributed by atoms with van der Waals surface area (Å²) >= 11 is 0. The highest BCUT2D eigenvalue weighted by Gasteiger charge is 1.97. The zero-order chi connectivity index (χ0) is 9.52. The first-order valence-corrected chi connectivity index (χ1v) is 4.60. The molecule has 1 aromatic rings. The van der Waals surface area contributed by atoms with E-state index in [1.807, 2.05) is 25.1 Å². The maximum atomic E-state index is 8.59. The fraction of sp³-hybridized carbons (Fsp3) is 0.364. The largest absolute Gasteiger partial charge is 0.411 e. The summed E-state index contributed by atoms with van der Waals surface area (Å²) in [4.78, 5) is 0. The third kappa shape index (κ3) is 3.28. The topological polar surface area (TPSA) is 32.6 Å². The van der Waals surface area contributed by atoms with Crippen LogP contribution in [0.5, 0.6) is 0 Å². The minimum absolute atomic E-state index is 0.823. The molecule has 0 unspecified atom stereocenters. The Labute approximate surface area is 78.9 Å². The highest BCUT2D eigenvalue weighted by molar-refractivity contribution is 5.83. The molecule has 0 saturated carbocycles. The van der Waals surface area contributed by atoms with E-state index in [0.29, 0.717) is 0 Å². The summed E-state index contributed by atoms with van der Waals surface area (Å²) in [6, 6.07) is 10.2. The second-order valence-electron chi connectivity index (χ2n) is 3.01. The number of nitrogens with zero attached hydrogens (tertiary/aromatic N) is 1. The van der Waals surface area contributed by atoms with Gasteiger partial charge in [0.15, 0.2) is 0 Å². The molecule has 70 valence electrons. The molecule has 0 aliphatic carbocycles. The number of rotatable bonds is 4. The molecule has 0 aliphatic rings. The van der Waals surface area contributed by atoms with Crippen LogP contribution in [0.4, 0.5) is 0 Å². The lowest BCUT2D eigenvalue weighted by Gasteiger charge is -2.01. The van der Waals surface area contributed by atoms with Crippen molar-refractivity contribution in [2.24, 2.45) is 5.16 Å². The van der Waals surface area contributed by atoms with Gasteiger partial charge in [-0.05, 0) is 24.8 Å². The Kier molecular flexibility index (Phi) is 4.03. The van der Waals surface area contributed by atoms with Crippen LogP contribution in [0.25, 0.3) is 0 Å². The second kappa shape index (κ2) is 5.36. The fourth-order valence-electron chi connectivity index (χ4n) is 1.23. The van der Waals surface area contributed by atoms with Gasteiger partial charge in [-0.3, -0.25) is 0 Å². The van der Waals surface area contributed by atoms with Crippen LogP contribution in [0.15, 0.2) is 35.5 Å². The van der Waals surface area contributed by atoms with Crippen LogP contribution in [-0.4, -0.2) is 10.9 Å². The molecular weight excluding hydrogens is 162 g/mol. The highest BCUT2D eigenvalue weighted by Crippen LogP contribution is 2.04. The van der Waals surface area contributed by atoms with E-state index in [9.17, 15) is 0 Å². The average Bonchev–Trinajstić information content (AvgIpc) is 2.21. The molecule has 2 nitrogen and oxygen atoms in total. The predicted molar refractivity (Wildman–Crippen MR) is 54.3 cm³/mol. The Hall–Kier alpha value is -1.31. The van der Waals surface area contributed by atoms with Crippen LogP contribution >= 0.6 is 0 Å². The molecule has 1 rings (SSSR count). The van der Waals surface area contributed by atoms with E-state index < -0.39 is 0 Å². The number of benzene rings is 1. The quantitative estimate of drug-likeness (QED) is 0.428. The van der Waals surface area contributed by atoms with Crippen LogP contribution in [0, 0.1) is 0 Å².